The van der Waals surface area contributed by atoms with E-state index in [1.807, 2.05) is 49.0 Å². The lowest BCUT2D eigenvalue weighted by molar-refractivity contribution is 0.582. The Bertz CT molecular complexity index is 590. The molecular weight excluding hydrogens is 254 g/mol. The van der Waals surface area contributed by atoms with E-state index in [2.05, 4.69) is 23.2 Å². The molecule has 19 heavy (non-hydrogen) atoms. The average molecular weight is 272 g/mol. The van der Waals surface area contributed by atoms with Crippen LogP contribution >= 0.6 is 0 Å². The van der Waals surface area contributed by atoms with Gasteiger partial charge < -0.3 is 4.43 Å². The van der Waals surface area contributed by atoms with E-state index in [9.17, 15) is 0 Å². The lowest BCUT2D eigenvalue weighted by Gasteiger charge is -2.11. The zero-order valence-electron chi connectivity index (χ0n) is 11.7. The molecule has 2 rings (SSSR count). The zero-order valence-corrected chi connectivity index (χ0v) is 12.7. The molecule has 1 aromatic heterocycles. The molecule has 0 aliphatic carbocycles. The highest BCUT2D eigenvalue weighted by atomic mass is 28.3. The molecular formula is C14H18N3OSi. The summed E-state index contributed by atoms with van der Waals surface area (Å²) in [6.45, 7) is 6.20. The van der Waals surface area contributed by atoms with E-state index in [4.69, 9.17) is 4.43 Å². The first kappa shape index (κ1) is 13.5. The second-order valence-electron chi connectivity index (χ2n) is 4.52. The molecule has 0 saturated heterocycles. The van der Waals surface area contributed by atoms with Crippen LogP contribution in [0, 0.1) is 0 Å². The highest BCUT2D eigenvalue weighted by molar-refractivity contribution is 6.49. The first-order valence-electron chi connectivity index (χ1n) is 6.18. The molecule has 1 aromatic carbocycles. The summed E-state index contributed by atoms with van der Waals surface area (Å²) in [6.07, 6.45) is 1.77. The maximum absolute atomic E-state index is 5.87. The van der Waals surface area contributed by atoms with Crippen molar-refractivity contribution in [2.24, 2.45) is 12.0 Å². The number of hydrogen-bond acceptors (Lipinski definition) is 3. The molecule has 1 radical (unpaired) electrons. The number of nitrogens with zero attached hydrogens (tertiary/aromatic N) is 3. The van der Waals surface area contributed by atoms with Gasteiger partial charge >= 0.3 is 0 Å². The van der Waals surface area contributed by atoms with Crippen molar-refractivity contribution in [3.63, 3.8) is 0 Å². The first-order chi connectivity index (χ1) is 9.08. The van der Waals surface area contributed by atoms with Crippen LogP contribution in [0.25, 0.3) is 0 Å². The van der Waals surface area contributed by atoms with Crippen molar-refractivity contribution in [1.29, 1.82) is 0 Å². The van der Waals surface area contributed by atoms with Crippen molar-refractivity contribution < 1.29 is 4.43 Å². The Labute approximate surface area is 115 Å². The molecule has 0 fully saturated rings. The van der Waals surface area contributed by atoms with Crippen LogP contribution in [0.2, 0.25) is 13.1 Å². The zero-order chi connectivity index (χ0) is 13.8. The number of para-hydroxylation sites is 2. The van der Waals surface area contributed by atoms with Gasteiger partial charge in [0.25, 0.3) is 9.04 Å². The van der Waals surface area contributed by atoms with E-state index < -0.39 is 9.04 Å². The Hall–Kier alpha value is -1.88. The van der Waals surface area contributed by atoms with Crippen LogP contribution in [0.15, 0.2) is 41.5 Å². The van der Waals surface area contributed by atoms with Gasteiger partial charge in [-0.1, -0.05) is 12.1 Å². The van der Waals surface area contributed by atoms with Crippen molar-refractivity contribution >= 4 is 20.4 Å². The lowest BCUT2D eigenvalue weighted by atomic mass is 10.2. The predicted molar refractivity (Wildman–Crippen MR) is 79.6 cm³/mol. The fraction of sp³-hybridized carbons (Fsp3) is 0.286. The average Bonchev–Trinajstić information content (AvgIpc) is 2.77. The van der Waals surface area contributed by atoms with E-state index in [0.717, 1.165) is 22.8 Å². The van der Waals surface area contributed by atoms with Gasteiger partial charge in [-0.15, -0.1) is 0 Å². The molecule has 4 nitrogen and oxygen atoms in total. The van der Waals surface area contributed by atoms with Crippen LogP contribution in [-0.4, -0.2) is 24.5 Å². The van der Waals surface area contributed by atoms with Gasteiger partial charge in [-0.3, -0.25) is 4.68 Å². The molecule has 0 amide bonds. The second-order valence-corrected chi connectivity index (χ2v) is 6.54. The molecule has 0 atom stereocenters. The normalized spacial score (nSPS) is 11.9. The second kappa shape index (κ2) is 5.84. The molecule has 2 aromatic rings. The summed E-state index contributed by atoms with van der Waals surface area (Å²) in [5.74, 6) is 0.850. The highest BCUT2D eigenvalue weighted by Crippen LogP contribution is 2.28. The van der Waals surface area contributed by atoms with Gasteiger partial charge in [-0.05, 0) is 38.2 Å². The van der Waals surface area contributed by atoms with Gasteiger partial charge in [0, 0.05) is 13.2 Å². The van der Waals surface area contributed by atoms with Gasteiger partial charge in [-0.2, -0.15) is 5.10 Å². The Morgan fingerprint density at radius 2 is 2.00 bits per heavy atom. The molecule has 99 valence electrons. The standard InChI is InChI=1S/C14H18N3OSi/c1-11(13-9-10-15-17(13)2)16-12-7-5-6-8-14(12)18-19(3)4/h5-10H,1-4H3. The van der Waals surface area contributed by atoms with Crippen LogP contribution in [0.1, 0.15) is 12.6 Å². The maximum atomic E-state index is 5.87. The van der Waals surface area contributed by atoms with Crippen LogP contribution in [0.5, 0.6) is 5.75 Å². The SMILES string of the molecule is CC(=Nc1ccccc1O[Si](C)C)c1ccnn1C. The first-order valence-corrected chi connectivity index (χ1v) is 8.59. The maximum Gasteiger partial charge on any atom is 0.274 e. The third kappa shape index (κ3) is 3.32. The van der Waals surface area contributed by atoms with E-state index >= 15 is 0 Å². The van der Waals surface area contributed by atoms with Gasteiger partial charge in [0.2, 0.25) is 0 Å². The molecule has 5 heteroatoms. The van der Waals surface area contributed by atoms with Crippen molar-refractivity contribution in [2.45, 2.75) is 20.0 Å². The minimum Gasteiger partial charge on any atom is -0.541 e. The fourth-order valence-electron chi connectivity index (χ4n) is 1.82. The molecule has 0 aliphatic rings. The van der Waals surface area contributed by atoms with Gasteiger partial charge in [-0.25, -0.2) is 4.99 Å². The summed E-state index contributed by atoms with van der Waals surface area (Å²) in [7, 11) is 1.12. The Morgan fingerprint density at radius 1 is 1.26 bits per heavy atom. The largest absolute Gasteiger partial charge is 0.541 e. The highest BCUT2D eigenvalue weighted by Gasteiger charge is 2.07. The Balaban J connectivity index is 2.35. The van der Waals surface area contributed by atoms with Crippen LogP contribution < -0.4 is 4.43 Å². The van der Waals surface area contributed by atoms with Crippen LogP contribution in [-0.2, 0) is 7.05 Å². The third-order valence-corrected chi connectivity index (χ3v) is 3.29. The topological polar surface area (TPSA) is 39.4 Å². The Kier molecular flexibility index (Phi) is 4.16. The number of hydrogen-bond donors (Lipinski definition) is 0. The molecule has 0 aliphatic heterocycles. The van der Waals surface area contributed by atoms with E-state index in [0.29, 0.717) is 0 Å². The quantitative estimate of drug-likeness (QED) is 0.633. The number of aryl methyl sites for hydroxylation is 1. The van der Waals surface area contributed by atoms with Crippen LogP contribution in [0.3, 0.4) is 0 Å². The lowest BCUT2D eigenvalue weighted by Crippen LogP contribution is -2.11. The molecule has 0 spiro atoms. The minimum atomic E-state index is -0.792. The summed E-state index contributed by atoms with van der Waals surface area (Å²) < 4.78 is 7.68. The van der Waals surface area contributed by atoms with E-state index in [-0.39, 0.29) is 0 Å². The minimum absolute atomic E-state index is 0.792. The molecule has 0 N–H and O–H groups in total. The van der Waals surface area contributed by atoms with Crippen molar-refractivity contribution in [2.75, 3.05) is 0 Å². The van der Waals surface area contributed by atoms with E-state index in [1.54, 1.807) is 6.20 Å². The summed E-state index contributed by atoms with van der Waals surface area (Å²) in [6, 6.07) is 9.84. The summed E-state index contributed by atoms with van der Waals surface area (Å²) in [5, 5.41) is 4.16. The van der Waals surface area contributed by atoms with Crippen molar-refractivity contribution in [3.8, 4) is 5.75 Å². The van der Waals surface area contributed by atoms with Crippen molar-refractivity contribution in [3.05, 3.63) is 42.2 Å². The van der Waals surface area contributed by atoms with Crippen LogP contribution in [0.4, 0.5) is 5.69 Å². The Morgan fingerprint density at radius 3 is 2.63 bits per heavy atom. The molecule has 1 heterocycles. The molecule has 0 bridgehead atoms. The monoisotopic (exact) mass is 272 g/mol. The van der Waals surface area contributed by atoms with Crippen molar-refractivity contribution in [1.82, 2.24) is 9.78 Å². The summed E-state index contributed by atoms with van der Waals surface area (Å²) >= 11 is 0. The third-order valence-electron chi connectivity index (χ3n) is 2.66. The van der Waals surface area contributed by atoms with Gasteiger partial charge in [0.15, 0.2) is 0 Å². The molecule has 0 saturated carbocycles. The van der Waals surface area contributed by atoms with E-state index in [1.165, 1.54) is 0 Å². The number of rotatable bonds is 4. The summed E-state index contributed by atoms with van der Waals surface area (Å²) in [5.41, 5.74) is 2.80. The number of aliphatic imine (C=N–C) groups is 1. The van der Waals surface area contributed by atoms with Gasteiger partial charge in [0.05, 0.1) is 11.4 Å². The smallest absolute Gasteiger partial charge is 0.274 e. The summed E-state index contributed by atoms with van der Waals surface area (Å²) in [4.78, 5) is 4.66. The molecule has 0 unspecified atom stereocenters. The number of benzene rings is 1. The fourth-order valence-corrected chi connectivity index (χ4v) is 2.43. The van der Waals surface area contributed by atoms with Gasteiger partial charge in [0.1, 0.15) is 11.4 Å². The predicted octanol–water partition coefficient (Wildman–Crippen LogP) is 3.19. The number of aromatic nitrogens is 2.